The Morgan fingerprint density at radius 2 is 2.12 bits per heavy atom. The van der Waals surface area contributed by atoms with Gasteiger partial charge in [-0.05, 0) is 0 Å². The maximum Gasteiger partial charge on any atom is 0.107 e. The van der Waals surface area contributed by atoms with Gasteiger partial charge in [-0.25, -0.2) is 0 Å². The molecule has 0 aliphatic rings. The zero-order chi connectivity index (χ0) is 6.41. The van der Waals surface area contributed by atoms with E-state index in [9.17, 15) is 0 Å². The molecule has 5 heteroatoms. The van der Waals surface area contributed by atoms with E-state index in [1.165, 1.54) is 0 Å². The minimum absolute atomic E-state index is 0.0697. The molecule has 0 aliphatic carbocycles. The van der Waals surface area contributed by atoms with Crippen LogP contribution in [0.5, 0.6) is 0 Å². The predicted octanol–water partition coefficient (Wildman–Crippen LogP) is -2.73. The van der Waals surface area contributed by atoms with Crippen molar-refractivity contribution in [2.24, 2.45) is 11.5 Å². The average molecular weight is 120 g/mol. The number of aliphatic hydroxyl groups excluding tert-OH is 1. The Kier molecular flexibility index (Phi) is 4.82. The molecule has 5 nitrogen and oxygen atoms in total. The van der Waals surface area contributed by atoms with Gasteiger partial charge in [-0.3, -0.25) is 10.6 Å². The molecular weight excluding hydrogens is 108 g/mol. The number of nitrogens with two attached hydrogens (primary N) is 2. The van der Waals surface area contributed by atoms with E-state index in [0.29, 0.717) is 6.67 Å². The van der Waals surface area contributed by atoms with Crippen molar-refractivity contribution < 1.29 is 5.11 Å². The Morgan fingerprint density at radius 3 is 2.50 bits per heavy atom. The summed E-state index contributed by atoms with van der Waals surface area (Å²) >= 11 is 0. The summed E-state index contributed by atoms with van der Waals surface area (Å²) in [6.45, 7) is 0.355. The normalized spacial score (nSPS) is 10.5. The zero-order valence-corrected chi connectivity index (χ0v) is 4.59. The topological polar surface area (TPSA) is 96.3 Å². The van der Waals surface area contributed by atoms with Crippen molar-refractivity contribution in [2.45, 2.75) is 6.29 Å². The molecule has 0 aromatic heterocycles. The average Bonchev–Trinajstić information content (AvgIpc) is 1.66. The molecule has 0 aromatic carbocycles. The lowest BCUT2D eigenvalue weighted by molar-refractivity contribution is 0.253. The third-order valence-corrected chi connectivity index (χ3v) is 0.575. The monoisotopic (exact) mass is 120 g/mol. The molecule has 0 rings (SSSR count). The van der Waals surface area contributed by atoms with E-state index in [-0.39, 0.29) is 6.73 Å². The van der Waals surface area contributed by atoms with Crippen LogP contribution in [0.3, 0.4) is 0 Å². The van der Waals surface area contributed by atoms with Gasteiger partial charge in [-0.15, -0.1) is 0 Å². The van der Waals surface area contributed by atoms with Crippen molar-refractivity contribution >= 4 is 0 Å². The van der Waals surface area contributed by atoms with Gasteiger partial charge in [-0.2, -0.15) is 0 Å². The molecule has 0 amide bonds. The largest absolute Gasteiger partial charge is 0.381 e. The number of rotatable bonds is 4. The Hall–Kier alpha value is -0.200. The van der Waals surface area contributed by atoms with Crippen molar-refractivity contribution in [2.75, 3.05) is 13.4 Å². The fourth-order valence-corrected chi connectivity index (χ4v) is 0.246. The summed E-state index contributed by atoms with van der Waals surface area (Å²) in [5, 5.41) is 13.3. The summed E-state index contributed by atoms with van der Waals surface area (Å²) in [4.78, 5) is 0. The predicted molar refractivity (Wildman–Crippen MR) is 30.4 cm³/mol. The van der Waals surface area contributed by atoms with Gasteiger partial charge in [0.25, 0.3) is 0 Å². The lowest BCUT2D eigenvalue weighted by Crippen LogP contribution is -2.48. The minimum Gasteiger partial charge on any atom is -0.381 e. The summed E-state index contributed by atoms with van der Waals surface area (Å²) in [5.74, 6) is 0. The Bertz CT molecular complexity index is 48.5. The Morgan fingerprint density at radius 1 is 1.50 bits per heavy atom. The highest BCUT2D eigenvalue weighted by molar-refractivity contribution is 4.43. The van der Waals surface area contributed by atoms with E-state index >= 15 is 0 Å². The quantitative estimate of drug-likeness (QED) is 0.205. The molecular formula is C3H12N4O. The van der Waals surface area contributed by atoms with E-state index in [0.717, 1.165) is 0 Å². The molecule has 0 fully saturated rings. The summed E-state index contributed by atoms with van der Waals surface area (Å²) in [7, 11) is 0. The first-order valence-corrected chi connectivity index (χ1v) is 2.33. The van der Waals surface area contributed by atoms with Gasteiger partial charge in [0.2, 0.25) is 0 Å². The number of hydrogen-bond acceptors (Lipinski definition) is 5. The summed E-state index contributed by atoms with van der Waals surface area (Å²) in [6.07, 6.45) is -0.519. The van der Waals surface area contributed by atoms with E-state index in [1.54, 1.807) is 0 Å². The van der Waals surface area contributed by atoms with Gasteiger partial charge in [-0.1, -0.05) is 0 Å². The second-order valence-corrected chi connectivity index (χ2v) is 1.31. The van der Waals surface area contributed by atoms with E-state index in [2.05, 4.69) is 10.6 Å². The smallest absolute Gasteiger partial charge is 0.107 e. The molecule has 0 atom stereocenters. The van der Waals surface area contributed by atoms with Gasteiger partial charge in [0.05, 0.1) is 6.73 Å². The molecule has 7 N–H and O–H groups in total. The van der Waals surface area contributed by atoms with Crippen LogP contribution >= 0.6 is 0 Å². The van der Waals surface area contributed by atoms with Crippen molar-refractivity contribution in [1.29, 1.82) is 0 Å². The van der Waals surface area contributed by atoms with Crippen LogP contribution in [0, 0.1) is 0 Å². The maximum absolute atomic E-state index is 8.15. The van der Waals surface area contributed by atoms with Crippen molar-refractivity contribution in [3.05, 3.63) is 0 Å². The summed E-state index contributed by atoms with van der Waals surface area (Å²) in [6, 6.07) is 0. The first-order chi connectivity index (χ1) is 3.77. The highest BCUT2D eigenvalue weighted by Crippen LogP contribution is 1.49. The van der Waals surface area contributed by atoms with Crippen molar-refractivity contribution in [3.63, 3.8) is 0 Å². The lowest BCUT2D eigenvalue weighted by Gasteiger charge is -2.06. The SMILES string of the molecule is NC(N)NCNCO. The minimum atomic E-state index is -0.519. The molecule has 0 unspecified atom stereocenters. The standard InChI is InChI=1S/C3H12N4O/c4-3(5)7-1-6-2-8/h3,6-8H,1-2,4-5H2. The lowest BCUT2D eigenvalue weighted by atomic mass is 10.8. The third kappa shape index (κ3) is 5.80. The van der Waals surface area contributed by atoms with Crippen LogP contribution in [0.4, 0.5) is 0 Å². The van der Waals surface area contributed by atoms with Gasteiger partial charge in [0, 0.05) is 6.67 Å². The summed E-state index contributed by atoms with van der Waals surface area (Å²) < 4.78 is 0. The number of aliphatic hydroxyl groups is 1. The molecule has 0 saturated carbocycles. The molecule has 50 valence electrons. The fraction of sp³-hybridized carbons (Fsp3) is 1.00. The highest BCUT2D eigenvalue weighted by Gasteiger charge is 1.86. The Labute approximate surface area is 48.0 Å². The van der Waals surface area contributed by atoms with E-state index in [1.807, 2.05) is 0 Å². The number of nitrogens with one attached hydrogen (secondary N) is 2. The molecule has 0 spiro atoms. The van der Waals surface area contributed by atoms with E-state index < -0.39 is 6.29 Å². The summed E-state index contributed by atoms with van der Waals surface area (Å²) in [5.41, 5.74) is 10.2. The maximum atomic E-state index is 8.15. The first-order valence-electron chi connectivity index (χ1n) is 2.33. The third-order valence-electron chi connectivity index (χ3n) is 0.575. The van der Waals surface area contributed by atoms with Crippen LogP contribution in [-0.4, -0.2) is 24.8 Å². The molecule has 0 bridgehead atoms. The van der Waals surface area contributed by atoms with Crippen LogP contribution in [0.2, 0.25) is 0 Å². The highest BCUT2D eigenvalue weighted by atomic mass is 16.3. The second kappa shape index (κ2) is 4.95. The van der Waals surface area contributed by atoms with Gasteiger partial charge >= 0.3 is 0 Å². The Balaban J connectivity index is 2.72. The second-order valence-electron chi connectivity index (χ2n) is 1.31. The van der Waals surface area contributed by atoms with Crippen molar-refractivity contribution in [1.82, 2.24) is 10.6 Å². The van der Waals surface area contributed by atoms with Gasteiger partial charge < -0.3 is 16.6 Å². The molecule has 8 heavy (non-hydrogen) atoms. The molecule has 0 heterocycles. The van der Waals surface area contributed by atoms with Crippen LogP contribution < -0.4 is 22.1 Å². The van der Waals surface area contributed by atoms with Gasteiger partial charge in [0.15, 0.2) is 0 Å². The van der Waals surface area contributed by atoms with Crippen LogP contribution in [0.25, 0.3) is 0 Å². The zero-order valence-electron chi connectivity index (χ0n) is 4.59. The molecule has 0 radical (unpaired) electrons. The number of hydrogen-bond donors (Lipinski definition) is 5. The molecule has 0 saturated heterocycles. The first kappa shape index (κ1) is 7.80. The molecule has 0 aromatic rings. The fourth-order valence-electron chi connectivity index (χ4n) is 0.246. The van der Waals surface area contributed by atoms with Crippen LogP contribution in [0.1, 0.15) is 0 Å². The van der Waals surface area contributed by atoms with Crippen molar-refractivity contribution in [3.8, 4) is 0 Å². The molecule has 0 aliphatic heterocycles. The van der Waals surface area contributed by atoms with Crippen LogP contribution in [-0.2, 0) is 0 Å². The van der Waals surface area contributed by atoms with E-state index in [4.69, 9.17) is 16.6 Å². The van der Waals surface area contributed by atoms with Crippen LogP contribution in [0.15, 0.2) is 0 Å². The van der Waals surface area contributed by atoms with Gasteiger partial charge in [0.1, 0.15) is 6.29 Å².